The van der Waals surface area contributed by atoms with Gasteiger partial charge in [0.2, 0.25) is 15.9 Å². The summed E-state index contributed by atoms with van der Waals surface area (Å²) in [5.74, 6) is -1.83. The van der Waals surface area contributed by atoms with E-state index in [0.29, 0.717) is 0 Å². The predicted octanol–water partition coefficient (Wildman–Crippen LogP) is 3.15. The summed E-state index contributed by atoms with van der Waals surface area (Å²) in [7, 11) is -3.83. The second kappa shape index (κ2) is 7.60. The Bertz CT molecular complexity index is 854. The van der Waals surface area contributed by atoms with Crippen LogP contribution in [-0.4, -0.2) is 26.6 Å². The topological polar surface area (TPSA) is 66.5 Å². The van der Waals surface area contributed by atoms with E-state index in [4.69, 9.17) is 0 Å². The van der Waals surface area contributed by atoms with Crippen LogP contribution in [0.3, 0.4) is 0 Å². The Morgan fingerprint density at radius 1 is 1.12 bits per heavy atom. The fourth-order valence-electron chi connectivity index (χ4n) is 2.43. The summed E-state index contributed by atoms with van der Waals surface area (Å²) in [5.41, 5.74) is 0.109. The van der Waals surface area contributed by atoms with Gasteiger partial charge in [-0.25, -0.2) is 17.2 Å². The lowest BCUT2D eigenvalue weighted by Gasteiger charge is -2.30. The number of carbonyl (C=O) groups excluding carboxylic acids is 1. The minimum atomic E-state index is -3.83. The van der Waals surface area contributed by atoms with E-state index in [0.717, 1.165) is 22.7 Å². The van der Waals surface area contributed by atoms with Gasteiger partial charge >= 0.3 is 0 Å². The summed E-state index contributed by atoms with van der Waals surface area (Å²) in [5, 5.41) is 2.40. The first-order chi connectivity index (χ1) is 11.7. The van der Waals surface area contributed by atoms with E-state index < -0.39 is 33.6 Å². The molecule has 134 valence electrons. The summed E-state index contributed by atoms with van der Waals surface area (Å²) in [6.07, 6.45) is 1.10. The van der Waals surface area contributed by atoms with Gasteiger partial charge in [-0.1, -0.05) is 19.1 Å². The molecule has 0 radical (unpaired) electrons. The van der Waals surface area contributed by atoms with Crippen molar-refractivity contribution in [1.82, 2.24) is 0 Å². The maximum absolute atomic E-state index is 13.7. The highest BCUT2D eigenvalue weighted by Crippen LogP contribution is 2.24. The summed E-state index contributed by atoms with van der Waals surface area (Å²) in [6.45, 7) is 1.63. The standard InChI is InChI=1S/C17H18F2N2O3S/c1-3-16(17(22)20-15-7-5-4-6-14(15)19)21(25(2,23)24)13-10-8-12(18)9-11-13/h4-11,16H,3H2,1-2H3,(H,20,22). The molecule has 0 aliphatic heterocycles. The number of nitrogens with zero attached hydrogens (tertiary/aromatic N) is 1. The van der Waals surface area contributed by atoms with Crippen LogP contribution in [0.15, 0.2) is 48.5 Å². The maximum Gasteiger partial charge on any atom is 0.248 e. The van der Waals surface area contributed by atoms with Crippen molar-refractivity contribution in [3.05, 3.63) is 60.2 Å². The molecule has 1 atom stereocenters. The number of hydrogen-bond donors (Lipinski definition) is 1. The molecule has 0 bridgehead atoms. The van der Waals surface area contributed by atoms with E-state index in [1.54, 1.807) is 13.0 Å². The van der Waals surface area contributed by atoms with E-state index in [-0.39, 0.29) is 17.8 Å². The summed E-state index contributed by atoms with van der Waals surface area (Å²) < 4.78 is 52.2. The molecule has 2 aromatic rings. The largest absolute Gasteiger partial charge is 0.322 e. The molecule has 25 heavy (non-hydrogen) atoms. The summed E-state index contributed by atoms with van der Waals surface area (Å²) >= 11 is 0. The SMILES string of the molecule is CCC(C(=O)Nc1ccccc1F)N(c1ccc(F)cc1)S(C)(=O)=O. The molecule has 0 fully saturated rings. The highest BCUT2D eigenvalue weighted by Gasteiger charge is 2.31. The molecule has 0 aromatic heterocycles. The number of nitrogens with one attached hydrogen (secondary N) is 1. The average molecular weight is 368 g/mol. The molecule has 0 saturated heterocycles. The van der Waals surface area contributed by atoms with Gasteiger partial charge in [-0.15, -0.1) is 0 Å². The Morgan fingerprint density at radius 2 is 1.72 bits per heavy atom. The zero-order valence-electron chi connectivity index (χ0n) is 13.7. The number of para-hydroxylation sites is 1. The normalized spacial score (nSPS) is 12.5. The van der Waals surface area contributed by atoms with Gasteiger partial charge in [0.15, 0.2) is 0 Å². The van der Waals surface area contributed by atoms with Crippen molar-refractivity contribution in [3.8, 4) is 0 Å². The van der Waals surface area contributed by atoms with Gasteiger partial charge in [0, 0.05) is 0 Å². The highest BCUT2D eigenvalue weighted by molar-refractivity contribution is 7.92. The molecule has 0 aliphatic carbocycles. The zero-order chi connectivity index (χ0) is 18.6. The lowest BCUT2D eigenvalue weighted by molar-refractivity contribution is -0.117. The molecular weight excluding hydrogens is 350 g/mol. The molecule has 0 aliphatic rings. The van der Waals surface area contributed by atoms with E-state index in [9.17, 15) is 22.0 Å². The van der Waals surface area contributed by atoms with Crippen molar-refractivity contribution in [1.29, 1.82) is 0 Å². The Morgan fingerprint density at radius 3 is 2.24 bits per heavy atom. The first-order valence-electron chi connectivity index (χ1n) is 7.54. The number of halogens is 2. The van der Waals surface area contributed by atoms with Gasteiger partial charge in [-0.05, 0) is 42.8 Å². The molecule has 1 N–H and O–H groups in total. The van der Waals surface area contributed by atoms with Crippen LogP contribution in [0.1, 0.15) is 13.3 Å². The van der Waals surface area contributed by atoms with Gasteiger partial charge in [-0.2, -0.15) is 0 Å². The van der Waals surface area contributed by atoms with Crippen molar-refractivity contribution in [2.24, 2.45) is 0 Å². The third-order valence-corrected chi connectivity index (χ3v) is 4.72. The lowest BCUT2D eigenvalue weighted by Crippen LogP contribution is -2.47. The van der Waals surface area contributed by atoms with Crippen molar-refractivity contribution in [2.75, 3.05) is 15.9 Å². The average Bonchev–Trinajstić information content (AvgIpc) is 2.54. The van der Waals surface area contributed by atoms with Gasteiger partial charge in [0.25, 0.3) is 0 Å². The summed E-state index contributed by atoms with van der Waals surface area (Å²) in [4.78, 5) is 12.6. The maximum atomic E-state index is 13.7. The van der Waals surface area contributed by atoms with Crippen molar-refractivity contribution < 1.29 is 22.0 Å². The van der Waals surface area contributed by atoms with Crippen LogP contribution in [0.25, 0.3) is 0 Å². The number of amides is 1. The Balaban J connectivity index is 2.38. The summed E-state index contributed by atoms with van der Waals surface area (Å²) in [6, 6.07) is 9.24. The first kappa shape index (κ1) is 18.9. The van der Waals surface area contributed by atoms with Crippen LogP contribution >= 0.6 is 0 Å². The van der Waals surface area contributed by atoms with Crippen LogP contribution in [0, 0.1) is 11.6 Å². The highest BCUT2D eigenvalue weighted by atomic mass is 32.2. The Hall–Kier alpha value is -2.48. The van der Waals surface area contributed by atoms with Crippen LogP contribution < -0.4 is 9.62 Å². The van der Waals surface area contributed by atoms with E-state index in [1.807, 2.05) is 0 Å². The first-order valence-corrected chi connectivity index (χ1v) is 9.39. The van der Waals surface area contributed by atoms with Crippen molar-refractivity contribution in [3.63, 3.8) is 0 Å². The van der Waals surface area contributed by atoms with Crippen LogP contribution in [0.4, 0.5) is 20.2 Å². The number of sulfonamides is 1. The molecule has 2 aromatic carbocycles. The number of hydrogen-bond acceptors (Lipinski definition) is 3. The van der Waals surface area contributed by atoms with Crippen molar-refractivity contribution >= 4 is 27.3 Å². The van der Waals surface area contributed by atoms with Crippen LogP contribution in [0.5, 0.6) is 0 Å². The van der Waals surface area contributed by atoms with E-state index >= 15 is 0 Å². The van der Waals surface area contributed by atoms with E-state index in [1.165, 1.54) is 30.3 Å². The van der Waals surface area contributed by atoms with Crippen molar-refractivity contribution in [2.45, 2.75) is 19.4 Å². The minimum absolute atomic E-state index is 0.0430. The lowest BCUT2D eigenvalue weighted by atomic mass is 10.1. The minimum Gasteiger partial charge on any atom is -0.322 e. The zero-order valence-corrected chi connectivity index (χ0v) is 14.6. The second-order valence-corrected chi connectivity index (χ2v) is 7.29. The van der Waals surface area contributed by atoms with Crippen LogP contribution in [0.2, 0.25) is 0 Å². The smallest absolute Gasteiger partial charge is 0.248 e. The predicted molar refractivity (Wildman–Crippen MR) is 92.8 cm³/mol. The Kier molecular flexibility index (Phi) is 5.73. The third-order valence-electron chi connectivity index (χ3n) is 3.54. The fourth-order valence-corrected chi connectivity index (χ4v) is 3.64. The number of anilines is 2. The van der Waals surface area contributed by atoms with E-state index in [2.05, 4.69) is 5.32 Å². The molecule has 8 heteroatoms. The number of carbonyl (C=O) groups is 1. The monoisotopic (exact) mass is 368 g/mol. The van der Waals surface area contributed by atoms with Gasteiger partial charge < -0.3 is 5.32 Å². The molecule has 5 nitrogen and oxygen atoms in total. The van der Waals surface area contributed by atoms with Crippen LogP contribution in [-0.2, 0) is 14.8 Å². The van der Waals surface area contributed by atoms with Gasteiger partial charge in [-0.3, -0.25) is 9.10 Å². The molecule has 2 rings (SSSR count). The van der Waals surface area contributed by atoms with Gasteiger partial charge in [0.1, 0.15) is 17.7 Å². The molecular formula is C17H18F2N2O3S. The molecule has 0 heterocycles. The fraction of sp³-hybridized carbons (Fsp3) is 0.235. The quantitative estimate of drug-likeness (QED) is 0.852. The molecule has 1 amide bonds. The number of rotatable bonds is 6. The number of benzene rings is 2. The third kappa shape index (κ3) is 4.54. The second-order valence-electron chi connectivity index (χ2n) is 5.43. The Labute approximate surface area is 145 Å². The molecule has 1 unspecified atom stereocenters. The molecule has 0 saturated carbocycles. The molecule has 0 spiro atoms. The van der Waals surface area contributed by atoms with Gasteiger partial charge in [0.05, 0.1) is 17.6 Å².